The van der Waals surface area contributed by atoms with Gasteiger partial charge in [0.05, 0.1) is 12.5 Å². The van der Waals surface area contributed by atoms with Crippen molar-refractivity contribution < 1.29 is 19.8 Å². The Hall–Kier alpha value is -2.04. The van der Waals surface area contributed by atoms with Crippen LogP contribution in [0.2, 0.25) is 0 Å². The number of phenolic OH excluding ortho intramolecular Hbond substituents is 1. The Morgan fingerprint density at radius 1 is 1.56 bits per heavy atom. The first-order chi connectivity index (χ1) is 8.64. The molecule has 0 spiro atoms. The number of nitrogens with zero attached hydrogens (tertiary/aromatic N) is 1. The lowest BCUT2D eigenvalue weighted by molar-refractivity contribution is -0.143. The van der Waals surface area contributed by atoms with Crippen molar-refractivity contribution in [2.45, 2.75) is 24.7 Å². The molecule has 1 fully saturated rings. The van der Waals surface area contributed by atoms with E-state index in [-0.39, 0.29) is 11.7 Å². The van der Waals surface area contributed by atoms with E-state index in [9.17, 15) is 9.90 Å². The van der Waals surface area contributed by atoms with Gasteiger partial charge in [-0.3, -0.25) is 4.79 Å². The fourth-order valence-corrected chi connectivity index (χ4v) is 2.12. The van der Waals surface area contributed by atoms with Crippen LogP contribution in [-0.4, -0.2) is 29.6 Å². The summed E-state index contributed by atoms with van der Waals surface area (Å²) in [5.41, 5.74) is 0.919. The number of aromatic hydroxyl groups is 1. The molecule has 1 aliphatic carbocycles. The number of hydrogen-bond acceptors (Lipinski definition) is 5. The first-order valence-corrected chi connectivity index (χ1v) is 5.71. The summed E-state index contributed by atoms with van der Waals surface area (Å²) in [7, 11) is 1.38. The minimum absolute atomic E-state index is 0.124. The highest BCUT2D eigenvalue weighted by atomic mass is 16.5. The third kappa shape index (κ3) is 2.03. The van der Waals surface area contributed by atoms with Crippen LogP contribution in [-0.2, 0) is 21.4 Å². The first-order valence-electron chi connectivity index (χ1n) is 5.71. The van der Waals surface area contributed by atoms with Crippen molar-refractivity contribution in [1.82, 2.24) is 0 Å². The van der Waals surface area contributed by atoms with Crippen LogP contribution in [0.4, 0.5) is 0 Å². The largest absolute Gasteiger partial charge is 0.508 e. The third-order valence-corrected chi connectivity index (χ3v) is 3.35. The second kappa shape index (κ2) is 4.68. The molecule has 5 heteroatoms. The van der Waals surface area contributed by atoms with E-state index in [1.807, 2.05) is 0 Å². The summed E-state index contributed by atoms with van der Waals surface area (Å²) in [6, 6.07) is 5.05. The van der Waals surface area contributed by atoms with Gasteiger partial charge in [-0.2, -0.15) is 0 Å². The van der Waals surface area contributed by atoms with Crippen molar-refractivity contribution in [3.05, 3.63) is 29.3 Å². The van der Waals surface area contributed by atoms with Crippen molar-refractivity contribution in [3.8, 4) is 5.75 Å². The molecule has 0 unspecified atom stereocenters. The minimum Gasteiger partial charge on any atom is -0.508 e. The highest BCUT2D eigenvalue weighted by molar-refractivity contribution is 5.86. The lowest BCUT2D eigenvalue weighted by Gasteiger charge is -2.14. The lowest BCUT2D eigenvalue weighted by Crippen LogP contribution is -2.21. The van der Waals surface area contributed by atoms with Crippen LogP contribution in [0.1, 0.15) is 24.0 Å². The molecule has 2 rings (SSSR count). The summed E-state index contributed by atoms with van der Waals surface area (Å²) in [6.07, 6.45) is 3.12. The molecule has 1 aromatic carbocycles. The van der Waals surface area contributed by atoms with Gasteiger partial charge in [0.25, 0.3) is 0 Å². The first kappa shape index (κ1) is 12.4. The second-order valence-corrected chi connectivity index (χ2v) is 4.42. The van der Waals surface area contributed by atoms with Crippen molar-refractivity contribution in [2.24, 2.45) is 5.16 Å². The zero-order valence-corrected chi connectivity index (χ0v) is 10.1. The van der Waals surface area contributed by atoms with Crippen molar-refractivity contribution in [3.63, 3.8) is 0 Å². The van der Waals surface area contributed by atoms with Gasteiger partial charge in [0.2, 0.25) is 0 Å². The topological polar surface area (TPSA) is 79.1 Å². The standard InChI is InChI=1S/C13H15NO4/c1-18-12(16)13(5-6-13)10-2-3-11(15)9(8-10)4-7-14-17/h2-3,7-8,15,17H,4-6H2,1H3. The Labute approximate surface area is 105 Å². The van der Waals surface area contributed by atoms with Gasteiger partial charge >= 0.3 is 5.97 Å². The Morgan fingerprint density at radius 2 is 2.28 bits per heavy atom. The summed E-state index contributed by atoms with van der Waals surface area (Å²) >= 11 is 0. The summed E-state index contributed by atoms with van der Waals surface area (Å²) < 4.78 is 4.82. The molecule has 1 aliphatic rings. The van der Waals surface area contributed by atoms with Crippen LogP contribution < -0.4 is 0 Å². The lowest BCUT2D eigenvalue weighted by atomic mass is 9.93. The van der Waals surface area contributed by atoms with Gasteiger partial charge in [-0.1, -0.05) is 12.1 Å². The summed E-state index contributed by atoms with van der Waals surface area (Å²) in [5, 5.41) is 21.0. The number of phenols is 1. The highest BCUT2D eigenvalue weighted by Crippen LogP contribution is 2.49. The zero-order valence-electron chi connectivity index (χ0n) is 10.1. The van der Waals surface area contributed by atoms with Crippen molar-refractivity contribution in [2.75, 3.05) is 7.11 Å². The fraction of sp³-hybridized carbons (Fsp3) is 0.385. The Kier molecular flexibility index (Phi) is 3.23. The van der Waals surface area contributed by atoms with Crippen LogP contribution in [0.25, 0.3) is 0 Å². The number of hydrogen-bond donors (Lipinski definition) is 2. The van der Waals surface area contributed by atoms with Gasteiger partial charge in [0, 0.05) is 12.6 Å². The van der Waals surface area contributed by atoms with Crippen molar-refractivity contribution >= 4 is 12.2 Å². The Bertz CT molecular complexity index is 492. The number of methoxy groups -OCH3 is 1. The molecule has 0 radical (unpaired) electrons. The van der Waals surface area contributed by atoms with Crippen LogP contribution in [0.3, 0.4) is 0 Å². The smallest absolute Gasteiger partial charge is 0.316 e. The van der Waals surface area contributed by atoms with Crippen LogP contribution >= 0.6 is 0 Å². The van der Waals surface area contributed by atoms with Crippen LogP contribution in [0.15, 0.2) is 23.4 Å². The SMILES string of the molecule is COC(=O)C1(c2ccc(O)c(CC=NO)c2)CC1. The molecular weight excluding hydrogens is 234 g/mol. The molecule has 18 heavy (non-hydrogen) atoms. The molecule has 0 bridgehead atoms. The van der Waals surface area contributed by atoms with E-state index >= 15 is 0 Å². The molecule has 1 aromatic rings. The monoisotopic (exact) mass is 249 g/mol. The predicted molar refractivity (Wildman–Crippen MR) is 65.0 cm³/mol. The van der Waals surface area contributed by atoms with E-state index < -0.39 is 5.41 Å². The molecule has 5 nitrogen and oxygen atoms in total. The van der Waals surface area contributed by atoms with Gasteiger partial charge in [-0.15, -0.1) is 5.16 Å². The number of carbonyl (C=O) groups excluding carboxylic acids is 1. The molecular formula is C13H15NO4. The predicted octanol–water partition coefficient (Wildman–Crippen LogP) is 1.60. The molecule has 0 amide bonds. The summed E-state index contributed by atoms with van der Waals surface area (Å²) in [5.74, 6) is -0.116. The molecule has 0 atom stereocenters. The number of carbonyl (C=O) groups is 1. The Balaban J connectivity index is 2.32. The summed E-state index contributed by atoms with van der Waals surface area (Å²) in [6.45, 7) is 0. The number of rotatable bonds is 4. The average molecular weight is 249 g/mol. The van der Waals surface area contributed by atoms with E-state index in [4.69, 9.17) is 9.94 Å². The number of oxime groups is 1. The van der Waals surface area contributed by atoms with Gasteiger partial charge in [0.15, 0.2) is 0 Å². The molecule has 0 aliphatic heterocycles. The summed E-state index contributed by atoms with van der Waals surface area (Å²) in [4.78, 5) is 11.8. The molecule has 2 N–H and O–H groups in total. The molecule has 0 heterocycles. The number of esters is 1. The fourth-order valence-electron chi connectivity index (χ4n) is 2.12. The molecule has 0 aromatic heterocycles. The van der Waals surface area contributed by atoms with E-state index in [1.165, 1.54) is 13.3 Å². The van der Waals surface area contributed by atoms with E-state index in [2.05, 4.69) is 5.16 Å². The second-order valence-electron chi connectivity index (χ2n) is 4.42. The minimum atomic E-state index is -0.548. The van der Waals surface area contributed by atoms with Gasteiger partial charge in [0.1, 0.15) is 5.75 Å². The zero-order chi connectivity index (χ0) is 13.2. The third-order valence-electron chi connectivity index (χ3n) is 3.35. The molecule has 1 saturated carbocycles. The van der Waals surface area contributed by atoms with Gasteiger partial charge < -0.3 is 15.1 Å². The maximum Gasteiger partial charge on any atom is 0.316 e. The van der Waals surface area contributed by atoms with Gasteiger partial charge in [-0.05, 0) is 30.0 Å². The van der Waals surface area contributed by atoms with Crippen LogP contribution in [0.5, 0.6) is 5.75 Å². The quantitative estimate of drug-likeness (QED) is 0.367. The number of ether oxygens (including phenoxy) is 1. The van der Waals surface area contributed by atoms with Gasteiger partial charge in [-0.25, -0.2) is 0 Å². The molecule has 0 saturated heterocycles. The highest BCUT2D eigenvalue weighted by Gasteiger charge is 2.52. The van der Waals surface area contributed by atoms with E-state index in [0.29, 0.717) is 12.0 Å². The van der Waals surface area contributed by atoms with E-state index in [0.717, 1.165) is 18.4 Å². The molecule has 96 valence electrons. The Morgan fingerprint density at radius 3 is 2.83 bits per heavy atom. The average Bonchev–Trinajstić information content (AvgIpc) is 3.18. The maximum absolute atomic E-state index is 11.8. The van der Waals surface area contributed by atoms with Crippen molar-refractivity contribution in [1.29, 1.82) is 0 Å². The van der Waals surface area contributed by atoms with E-state index in [1.54, 1.807) is 18.2 Å². The van der Waals surface area contributed by atoms with Crippen LogP contribution in [0, 0.1) is 0 Å². The maximum atomic E-state index is 11.8. The normalized spacial score (nSPS) is 16.7. The number of benzene rings is 1.